The number of fused-ring (bicyclic) bond motifs is 1. The van der Waals surface area contributed by atoms with Crippen molar-refractivity contribution >= 4 is 0 Å². The fraction of sp³-hybridized carbons (Fsp3) is 0.500. The van der Waals surface area contributed by atoms with Crippen molar-refractivity contribution in [2.75, 3.05) is 0 Å². The van der Waals surface area contributed by atoms with Crippen LogP contribution in [-0.2, 0) is 0 Å². The molecule has 3 aliphatic carbocycles. The average Bonchev–Trinajstić information content (AvgIpc) is 2.97. The van der Waals surface area contributed by atoms with Crippen molar-refractivity contribution < 1.29 is 0 Å². The second-order valence-corrected chi connectivity index (χ2v) is 5.90. The van der Waals surface area contributed by atoms with E-state index >= 15 is 0 Å². The molecule has 3 aliphatic rings. The molecule has 2 fully saturated rings. The summed E-state index contributed by atoms with van der Waals surface area (Å²) in [5.41, 5.74) is 2.20. The topological polar surface area (TPSA) is 0 Å². The Kier molecular flexibility index (Phi) is 1.69. The van der Waals surface area contributed by atoms with Crippen LogP contribution in [0.4, 0.5) is 0 Å². The Labute approximate surface area is 97.4 Å². The van der Waals surface area contributed by atoms with E-state index in [1.165, 1.54) is 25.7 Å². The molecule has 0 heteroatoms. The van der Waals surface area contributed by atoms with Gasteiger partial charge < -0.3 is 0 Å². The van der Waals surface area contributed by atoms with Gasteiger partial charge in [0.1, 0.15) is 0 Å². The third kappa shape index (κ3) is 1.00. The molecule has 1 aromatic carbocycles. The summed E-state index contributed by atoms with van der Waals surface area (Å²) < 4.78 is 0. The van der Waals surface area contributed by atoms with Gasteiger partial charge in [0.2, 0.25) is 0 Å². The van der Waals surface area contributed by atoms with E-state index in [0.717, 1.165) is 17.8 Å². The first-order chi connectivity index (χ1) is 7.89. The van der Waals surface area contributed by atoms with Crippen LogP contribution in [0.3, 0.4) is 0 Å². The highest BCUT2D eigenvalue weighted by Gasteiger charge is 2.56. The third-order valence-electron chi connectivity index (χ3n) is 5.27. The summed E-state index contributed by atoms with van der Waals surface area (Å²) in [6, 6.07) is 11.2. The van der Waals surface area contributed by atoms with Gasteiger partial charge in [-0.05, 0) is 48.0 Å². The maximum atomic E-state index is 2.56. The van der Waals surface area contributed by atoms with Gasteiger partial charge in [-0.1, -0.05) is 48.9 Å². The normalized spacial score (nSPS) is 43.9. The first kappa shape index (κ1) is 9.04. The van der Waals surface area contributed by atoms with Gasteiger partial charge in [-0.3, -0.25) is 0 Å². The Bertz CT molecular complexity index is 431. The molecule has 1 spiro atoms. The van der Waals surface area contributed by atoms with Crippen LogP contribution in [0.2, 0.25) is 0 Å². The lowest BCUT2D eigenvalue weighted by molar-refractivity contribution is 0.310. The number of allylic oxidation sites excluding steroid dienone is 2. The van der Waals surface area contributed by atoms with Gasteiger partial charge in [-0.2, -0.15) is 0 Å². The minimum atomic E-state index is 0.616. The van der Waals surface area contributed by atoms with Crippen molar-refractivity contribution in [3.63, 3.8) is 0 Å². The van der Waals surface area contributed by atoms with Gasteiger partial charge in [0, 0.05) is 0 Å². The van der Waals surface area contributed by atoms with Crippen LogP contribution in [0.1, 0.15) is 37.2 Å². The zero-order valence-corrected chi connectivity index (χ0v) is 9.60. The van der Waals surface area contributed by atoms with E-state index < -0.39 is 0 Å². The number of hydrogen-bond acceptors (Lipinski definition) is 0. The summed E-state index contributed by atoms with van der Waals surface area (Å²) in [6.07, 6.45) is 10.9. The van der Waals surface area contributed by atoms with E-state index in [2.05, 4.69) is 42.5 Å². The highest BCUT2D eigenvalue weighted by Crippen LogP contribution is 2.66. The molecule has 1 aromatic rings. The van der Waals surface area contributed by atoms with Crippen molar-refractivity contribution in [3.05, 3.63) is 48.0 Å². The van der Waals surface area contributed by atoms with Gasteiger partial charge in [-0.25, -0.2) is 0 Å². The summed E-state index contributed by atoms with van der Waals surface area (Å²) in [5, 5.41) is 0. The lowest BCUT2D eigenvalue weighted by atomic mass is 9.74. The van der Waals surface area contributed by atoms with Crippen molar-refractivity contribution in [1.29, 1.82) is 0 Å². The number of benzene rings is 1. The van der Waals surface area contributed by atoms with Crippen molar-refractivity contribution in [3.8, 4) is 0 Å². The van der Waals surface area contributed by atoms with Gasteiger partial charge in [-0.15, -0.1) is 0 Å². The molecule has 4 rings (SSSR count). The lowest BCUT2D eigenvalue weighted by Gasteiger charge is -2.30. The molecule has 0 saturated heterocycles. The molecule has 0 amide bonds. The fourth-order valence-electron chi connectivity index (χ4n) is 4.71. The molecule has 2 saturated carbocycles. The summed E-state index contributed by atoms with van der Waals surface area (Å²) in [5.74, 6) is 2.62. The second kappa shape index (κ2) is 3.00. The predicted octanol–water partition coefficient (Wildman–Crippen LogP) is 4.15. The molecule has 0 N–H and O–H groups in total. The Hall–Kier alpha value is -1.04. The van der Waals surface area contributed by atoms with E-state index in [1.807, 2.05) is 0 Å². The van der Waals surface area contributed by atoms with Crippen LogP contribution in [0, 0.1) is 17.3 Å². The second-order valence-electron chi connectivity index (χ2n) is 5.90. The van der Waals surface area contributed by atoms with Gasteiger partial charge in [0.15, 0.2) is 0 Å². The highest BCUT2D eigenvalue weighted by atomic mass is 14.6. The van der Waals surface area contributed by atoms with E-state index in [0.29, 0.717) is 5.41 Å². The predicted molar refractivity (Wildman–Crippen MR) is 66.2 cm³/mol. The molecular formula is C16H18. The molecule has 0 aliphatic heterocycles. The minimum absolute atomic E-state index is 0.616. The maximum Gasteiger partial charge on any atom is -0.00621 e. The first-order valence-corrected chi connectivity index (χ1v) is 6.63. The number of rotatable bonds is 1. The molecule has 4 unspecified atom stereocenters. The van der Waals surface area contributed by atoms with Crippen LogP contribution < -0.4 is 0 Å². The summed E-state index contributed by atoms with van der Waals surface area (Å²) in [4.78, 5) is 0. The molecule has 82 valence electrons. The molecule has 16 heavy (non-hydrogen) atoms. The number of hydrogen-bond donors (Lipinski definition) is 0. The molecule has 2 bridgehead atoms. The standard InChI is InChI=1S/C16H18/c1-2-5-12(6-3-1)15-13-8-10-16(11-13)9-4-7-14(15)16/h1-3,5-6,8,10,13-15H,4,7,9,11H2. The molecule has 0 radical (unpaired) electrons. The van der Waals surface area contributed by atoms with Gasteiger partial charge >= 0.3 is 0 Å². The summed E-state index contributed by atoms with van der Waals surface area (Å²) >= 11 is 0. The fourth-order valence-corrected chi connectivity index (χ4v) is 4.71. The molecule has 4 atom stereocenters. The summed E-state index contributed by atoms with van der Waals surface area (Å²) in [7, 11) is 0. The zero-order chi connectivity index (χ0) is 10.6. The largest absolute Gasteiger partial charge is 0.0842 e. The van der Waals surface area contributed by atoms with Crippen LogP contribution in [0.5, 0.6) is 0 Å². The quantitative estimate of drug-likeness (QED) is 0.611. The van der Waals surface area contributed by atoms with Gasteiger partial charge in [0.05, 0.1) is 0 Å². The van der Waals surface area contributed by atoms with E-state index in [-0.39, 0.29) is 0 Å². The average molecular weight is 210 g/mol. The summed E-state index contributed by atoms with van der Waals surface area (Å²) in [6.45, 7) is 0. The SMILES string of the molecule is C1=CC23CCCC2C(c2ccccc2)C1C3. The van der Waals surface area contributed by atoms with E-state index in [4.69, 9.17) is 0 Å². The lowest BCUT2D eigenvalue weighted by Crippen LogP contribution is -2.21. The Morgan fingerprint density at radius 3 is 2.88 bits per heavy atom. The first-order valence-electron chi connectivity index (χ1n) is 6.63. The molecule has 0 nitrogen and oxygen atoms in total. The van der Waals surface area contributed by atoms with E-state index in [1.54, 1.807) is 5.56 Å². The zero-order valence-electron chi connectivity index (χ0n) is 9.60. The Morgan fingerprint density at radius 1 is 1.12 bits per heavy atom. The van der Waals surface area contributed by atoms with Crippen molar-refractivity contribution in [1.82, 2.24) is 0 Å². The van der Waals surface area contributed by atoms with Crippen molar-refractivity contribution in [2.24, 2.45) is 17.3 Å². The van der Waals surface area contributed by atoms with Crippen LogP contribution in [0.25, 0.3) is 0 Å². The molecule has 0 heterocycles. The van der Waals surface area contributed by atoms with Crippen LogP contribution in [-0.4, -0.2) is 0 Å². The van der Waals surface area contributed by atoms with Gasteiger partial charge in [0.25, 0.3) is 0 Å². The van der Waals surface area contributed by atoms with Crippen molar-refractivity contribution in [2.45, 2.75) is 31.6 Å². The molecule has 0 aromatic heterocycles. The third-order valence-corrected chi connectivity index (χ3v) is 5.27. The van der Waals surface area contributed by atoms with Crippen LogP contribution in [0.15, 0.2) is 42.5 Å². The highest BCUT2D eigenvalue weighted by molar-refractivity contribution is 5.33. The van der Waals surface area contributed by atoms with Crippen LogP contribution >= 0.6 is 0 Å². The monoisotopic (exact) mass is 210 g/mol. The Morgan fingerprint density at radius 2 is 2.00 bits per heavy atom. The Balaban J connectivity index is 1.79. The molecular weight excluding hydrogens is 192 g/mol. The van der Waals surface area contributed by atoms with E-state index in [9.17, 15) is 0 Å². The minimum Gasteiger partial charge on any atom is -0.0842 e. The smallest absolute Gasteiger partial charge is 0.00621 e. The maximum absolute atomic E-state index is 2.56.